The van der Waals surface area contributed by atoms with E-state index >= 15 is 0 Å². The number of rotatable bonds is 5. The highest BCUT2D eigenvalue weighted by atomic mass is 16.5. The van der Waals surface area contributed by atoms with Crippen LogP contribution in [-0.2, 0) is 9.47 Å². The molecular weight excluding hydrogens is 190 g/mol. The summed E-state index contributed by atoms with van der Waals surface area (Å²) in [5.41, 5.74) is 0. The third kappa shape index (κ3) is 4.49. The van der Waals surface area contributed by atoms with Gasteiger partial charge in [-0.15, -0.1) is 0 Å². The highest BCUT2D eigenvalue weighted by molar-refractivity contribution is 4.77. The van der Waals surface area contributed by atoms with E-state index in [1.807, 2.05) is 0 Å². The van der Waals surface area contributed by atoms with Gasteiger partial charge < -0.3 is 9.47 Å². The standard InChI is InChI=1S/C12H25NO2/c1-10(2)15-7-5-6-13-11(3)8-14-9-12(13)4/h10-12H,5-9H2,1-4H3. The number of morpholine rings is 1. The minimum atomic E-state index is 0.351. The van der Waals surface area contributed by atoms with Crippen molar-refractivity contribution in [1.82, 2.24) is 4.90 Å². The monoisotopic (exact) mass is 215 g/mol. The van der Waals surface area contributed by atoms with Crippen molar-refractivity contribution in [3.05, 3.63) is 0 Å². The topological polar surface area (TPSA) is 21.7 Å². The smallest absolute Gasteiger partial charge is 0.0620 e. The first-order valence-electron chi connectivity index (χ1n) is 6.06. The number of ether oxygens (including phenoxy) is 2. The molecule has 0 aromatic carbocycles. The Bertz CT molecular complexity index is 163. The van der Waals surface area contributed by atoms with Crippen molar-refractivity contribution in [3.8, 4) is 0 Å². The maximum atomic E-state index is 5.55. The number of nitrogens with zero attached hydrogens (tertiary/aromatic N) is 1. The van der Waals surface area contributed by atoms with Crippen LogP contribution in [0.5, 0.6) is 0 Å². The normalized spacial score (nSPS) is 28.6. The molecule has 3 nitrogen and oxygen atoms in total. The highest BCUT2D eigenvalue weighted by Gasteiger charge is 2.24. The van der Waals surface area contributed by atoms with E-state index in [1.54, 1.807) is 0 Å². The second kappa shape index (κ2) is 6.46. The molecule has 1 saturated heterocycles. The van der Waals surface area contributed by atoms with Crippen LogP contribution in [-0.4, -0.2) is 49.5 Å². The fourth-order valence-electron chi connectivity index (χ4n) is 2.04. The Kier molecular flexibility index (Phi) is 5.58. The van der Waals surface area contributed by atoms with Gasteiger partial charge in [0.1, 0.15) is 0 Å². The van der Waals surface area contributed by atoms with Crippen LogP contribution >= 0.6 is 0 Å². The van der Waals surface area contributed by atoms with Crippen LogP contribution < -0.4 is 0 Å². The van der Waals surface area contributed by atoms with E-state index in [4.69, 9.17) is 9.47 Å². The Morgan fingerprint density at radius 1 is 1.27 bits per heavy atom. The van der Waals surface area contributed by atoms with Gasteiger partial charge in [-0.1, -0.05) is 0 Å². The molecule has 0 aromatic heterocycles. The van der Waals surface area contributed by atoms with E-state index in [2.05, 4.69) is 32.6 Å². The van der Waals surface area contributed by atoms with Gasteiger partial charge in [0.25, 0.3) is 0 Å². The average Bonchev–Trinajstić information content (AvgIpc) is 2.15. The van der Waals surface area contributed by atoms with Crippen LogP contribution in [0.3, 0.4) is 0 Å². The number of hydrogen-bond donors (Lipinski definition) is 0. The molecule has 1 rings (SSSR count). The Morgan fingerprint density at radius 3 is 2.40 bits per heavy atom. The molecule has 90 valence electrons. The van der Waals surface area contributed by atoms with Crippen molar-refractivity contribution < 1.29 is 9.47 Å². The molecule has 0 aromatic rings. The lowest BCUT2D eigenvalue weighted by atomic mass is 10.1. The van der Waals surface area contributed by atoms with Gasteiger partial charge in [-0.2, -0.15) is 0 Å². The lowest BCUT2D eigenvalue weighted by Crippen LogP contribution is -2.49. The largest absolute Gasteiger partial charge is 0.379 e. The molecule has 15 heavy (non-hydrogen) atoms. The molecule has 0 amide bonds. The van der Waals surface area contributed by atoms with E-state index < -0.39 is 0 Å². The summed E-state index contributed by atoms with van der Waals surface area (Å²) < 4.78 is 11.0. The quantitative estimate of drug-likeness (QED) is 0.654. The molecule has 1 aliphatic rings. The molecule has 0 bridgehead atoms. The summed E-state index contributed by atoms with van der Waals surface area (Å²) in [5.74, 6) is 0. The predicted octanol–water partition coefficient (Wildman–Crippen LogP) is 1.91. The van der Waals surface area contributed by atoms with Crippen LogP contribution in [0.25, 0.3) is 0 Å². The second-order valence-corrected chi connectivity index (χ2v) is 4.75. The van der Waals surface area contributed by atoms with Crippen molar-refractivity contribution in [3.63, 3.8) is 0 Å². The minimum absolute atomic E-state index is 0.351. The van der Waals surface area contributed by atoms with Gasteiger partial charge in [-0.05, 0) is 34.1 Å². The first-order chi connectivity index (χ1) is 7.11. The number of hydrogen-bond acceptors (Lipinski definition) is 3. The fourth-order valence-corrected chi connectivity index (χ4v) is 2.04. The Hall–Kier alpha value is -0.120. The third-order valence-corrected chi connectivity index (χ3v) is 2.86. The molecular formula is C12H25NO2. The highest BCUT2D eigenvalue weighted by Crippen LogP contribution is 2.13. The van der Waals surface area contributed by atoms with Crippen LogP contribution in [0.15, 0.2) is 0 Å². The zero-order valence-corrected chi connectivity index (χ0v) is 10.5. The maximum Gasteiger partial charge on any atom is 0.0620 e. The lowest BCUT2D eigenvalue weighted by molar-refractivity contribution is -0.0410. The maximum absolute atomic E-state index is 5.55. The van der Waals surface area contributed by atoms with Crippen molar-refractivity contribution in [2.45, 2.75) is 52.3 Å². The van der Waals surface area contributed by atoms with E-state index in [0.29, 0.717) is 18.2 Å². The van der Waals surface area contributed by atoms with Gasteiger partial charge in [0.15, 0.2) is 0 Å². The first-order valence-corrected chi connectivity index (χ1v) is 6.06. The predicted molar refractivity (Wildman–Crippen MR) is 62.2 cm³/mol. The summed E-state index contributed by atoms with van der Waals surface area (Å²) in [6.07, 6.45) is 1.47. The molecule has 0 saturated carbocycles. The van der Waals surface area contributed by atoms with Gasteiger partial charge in [0, 0.05) is 25.2 Å². The van der Waals surface area contributed by atoms with Crippen molar-refractivity contribution in [2.75, 3.05) is 26.4 Å². The zero-order chi connectivity index (χ0) is 11.3. The third-order valence-electron chi connectivity index (χ3n) is 2.86. The van der Waals surface area contributed by atoms with Crippen LogP contribution in [0.2, 0.25) is 0 Å². The minimum Gasteiger partial charge on any atom is -0.379 e. The van der Waals surface area contributed by atoms with Crippen LogP contribution in [0, 0.1) is 0 Å². The van der Waals surface area contributed by atoms with Crippen molar-refractivity contribution in [2.24, 2.45) is 0 Å². The summed E-state index contributed by atoms with van der Waals surface area (Å²) in [4.78, 5) is 2.52. The summed E-state index contributed by atoms with van der Waals surface area (Å²) in [6, 6.07) is 1.10. The van der Waals surface area contributed by atoms with E-state index in [9.17, 15) is 0 Å². The van der Waals surface area contributed by atoms with E-state index in [0.717, 1.165) is 32.8 Å². The van der Waals surface area contributed by atoms with Crippen molar-refractivity contribution in [1.29, 1.82) is 0 Å². The average molecular weight is 215 g/mol. The van der Waals surface area contributed by atoms with Gasteiger partial charge in [0.2, 0.25) is 0 Å². The second-order valence-electron chi connectivity index (χ2n) is 4.75. The van der Waals surface area contributed by atoms with Gasteiger partial charge in [-0.25, -0.2) is 0 Å². The Morgan fingerprint density at radius 2 is 1.87 bits per heavy atom. The summed E-state index contributed by atoms with van der Waals surface area (Å²) in [7, 11) is 0. The molecule has 3 heteroatoms. The van der Waals surface area contributed by atoms with Crippen LogP contribution in [0.4, 0.5) is 0 Å². The van der Waals surface area contributed by atoms with Gasteiger partial charge >= 0.3 is 0 Å². The van der Waals surface area contributed by atoms with Crippen molar-refractivity contribution >= 4 is 0 Å². The van der Waals surface area contributed by atoms with E-state index in [-0.39, 0.29) is 0 Å². The molecule has 1 aliphatic heterocycles. The molecule has 0 radical (unpaired) electrons. The molecule has 0 spiro atoms. The summed E-state index contributed by atoms with van der Waals surface area (Å²) in [5, 5.41) is 0. The van der Waals surface area contributed by atoms with E-state index in [1.165, 1.54) is 0 Å². The molecule has 2 unspecified atom stereocenters. The first kappa shape index (κ1) is 12.9. The molecule has 1 fully saturated rings. The van der Waals surface area contributed by atoms with Gasteiger partial charge in [-0.3, -0.25) is 4.90 Å². The Balaban J connectivity index is 2.17. The lowest BCUT2D eigenvalue weighted by Gasteiger charge is -2.38. The molecule has 1 heterocycles. The molecule has 2 atom stereocenters. The van der Waals surface area contributed by atoms with Crippen LogP contribution in [0.1, 0.15) is 34.1 Å². The molecule has 0 N–H and O–H groups in total. The SMILES string of the molecule is CC(C)OCCCN1C(C)COCC1C. The fraction of sp³-hybridized carbons (Fsp3) is 1.00. The zero-order valence-electron chi connectivity index (χ0n) is 10.5. The summed E-state index contributed by atoms with van der Waals surface area (Å²) >= 11 is 0. The van der Waals surface area contributed by atoms with Gasteiger partial charge in [0.05, 0.1) is 19.3 Å². The Labute approximate surface area is 93.7 Å². The molecule has 0 aliphatic carbocycles. The summed E-state index contributed by atoms with van der Waals surface area (Å²) in [6.45, 7) is 12.4.